The molecular weight excluding hydrogens is 234 g/mol. The normalized spacial score (nSPS) is 26.7. The molecule has 1 rings (SSSR count). The zero-order valence-corrected chi connectivity index (χ0v) is 12.4. The van der Waals surface area contributed by atoms with E-state index >= 15 is 0 Å². The smallest absolute Gasteiger partial charge is 0.154 e. The SMILES string of the molecule is CNC(CCC(C)(C)C)C1CCCCS1(=O)=O. The standard InChI is InChI=1S/C13H27NO2S/c1-13(2,3)9-8-11(14-4)12-7-5-6-10-17(12,15)16/h11-12,14H,5-10H2,1-4H3. The molecule has 0 saturated carbocycles. The minimum atomic E-state index is -2.87. The van der Waals surface area contributed by atoms with Gasteiger partial charge in [-0.15, -0.1) is 0 Å². The maximum absolute atomic E-state index is 12.1. The molecule has 0 aromatic carbocycles. The predicted molar refractivity (Wildman–Crippen MR) is 73.0 cm³/mol. The highest BCUT2D eigenvalue weighted by atomic mass is 32.2. The van der Waals surface area contributed by atoms with Crippen LogP contribution < -0.4 is 5.32 Å². The van der Waals surface area contributed by atoms with Gasteiger partial charge in [-0.3, -0.25) is 0 Å². The summed E-state index contributed by atoms with van der Waals surface area (Å²) in [6.07, 6.45) is 4.73. The summed E-state index contributed by atoms with van der Waals surface area (Å²) in [4.78, 5) is 0. The van der Waals surface area contributed by atoms with Gasteiger partial charge in [-0.1, -0.05) is 27.2 Å². The highest BCUT2D eigenvalue weighted by Gasteiger charge is 2.34. The van der Waals surface area contributed by atoms with E-state index in [1.54, 1.807) is 0 Å². The van der Waals surface area contributed by atoms with Crippen LogP contribution in [0, 0.1) is 5.41 Å². The Morgan fingerprint density at radius 3 is 2.41 bits per heavy atom. The van der Waals surface area contributed by atoms with Crippen molar-refractivity contribution in [2.45, 2.75) is 64.2 Å². The first-order valence-electron chi connectivity index (χ1n) is 6.65. The molecule has 3 nitrogen and oxygen atoms in total. The minimum Gasteiger partial charge on any atom is -0.316 e. The van der Waals surface area contributed by atoms with Crippen LogP contribution in [0.1, 0.15) is 52.9 Å². The van der Waals surface area contributed by atoms with E-state index in [0.717, 1.165) is 32.1 Å². The minimum absolute atomic E-state index is 0.125. The zero-order chi connectivity index (χ0) is 13.1. The topological polar surface area (TPSA) is 46.2 Å². The Morgan fingerprint density at radius 1 is 1.29 bits per heavy atom. The second kappa shape index (κ2) is 5.70. The summed E-state index contributed by atoms with van der Waals surface area (Å²) in [5.74, 6) is 0.380. The molecule has 2 unspecified atom stereocenters. The Morgan fingerprint density at radius 2 is 1.94 bits per heavy atom. The molecule has 1 aliphatic heterocycles. The number of hydrogen-bond acceptors (Lipinski definition) is 3. The Kier molecular flexibility index (Phi) is 5.02. The molecule has 4 heteroatoms. The molecule has 0 aliphatic carbocycles. The van der Waals surface area contributed by atoms with Gasteiger partial charge < -0.3 is 5.32 Å². The number of sulfone groups is 1. The van der Waals surface area contributed by atoms with Crippen molar-refractivity contribution in [3.63, 3.8) is 0 Å². The van der Waals surface area contributed by atoms with Crippen LogP contribution in [0.2, 0.25) is 0 Å². The first-order chi connectivity index (χ1) is 7.76. The lowest BCUT2D eigenvalue weighted by atomic mass is 9.87. The summed E-state index contributed by atoms with van der Waals surface area (Å²) in [7, 11) is -0.979. The van der Waals surface area contributed by atoms with Gasteiger partial charge >= 0.3 is 0 Å². The Labute approximate surface area is 106 Å². The lowest BCUT2D eigenvalue weighted by molar-refractivity contribution is 0.324. The van der Waals surface area contributed by atoms with Crippen molar-refractivity contribution in [3.8, 4) is 0 Å². The number of nitrogens with one attached hydrogen (secondary N) is 1. The van der Waals surface area contributed by atoms with Crippen LogP contribution in [0.15, 0.2) is 0 Å². The van der Waals surface area contributed by atoms with Crippen molar-refractivity contribution in [1.29, 1.82) is 0 Å². The van der Waals surface area contributed by atoms with E-state index in [2.05, 4.69) is 26.1 Å². The van der Waals surface area contributed by atoms with E-state index in [1.165, 1.54) is 0 Å². The van der Waals surface area contributed by atoms with Gasteiger partial charge in [-0.25, -0.2) is 8.42 Å². The molecule has 1 N–H and O–H groups in total. The first kappa shape index (κ1) is 15.0. The van der Waals surface area contributed by atoms with E-state index in [0.29, 0.717) is 5.75 Å². The largest absolute Gasteiger partial charge is 0.316 e. The van der Waals surface area contributed by atoms with E-state index in [4.69, 9.17) is 0 Å². The molecule has 0 aromatic rings. The first-order valence-corrected chi connectivity index (χ1v) is 8.37. The molecule has 1 fully saturated rings. The third-order valence-corrected chi connectivity index (χ3v) is 6.00. The van der Waals surface area contributed by atoms with Crippen LogP contribution in [-0.2, 0) is 9.84 Å². The van der Waals surface area contributed by atoms with E-state index in [-0.39, 0.29) is 16.7 Å². The molecule has 0 spiro atoms. The van der Waals surface area contributed by atoms with Gasteiger partial charge in [0.2, 0.25) is 0 Å². The second-order valence-corrected chi connectivity index (χ2v) is 8.74. The third-order valence-electron chi connectivity index (χ3n) is 3.65. The fraction of sp³-hybridized carbons (Fsp3) is 1.00. The van der Waals surface area contributed by atoms with Crippen LogP contribution in [0.5, 0.6) is 0 Å². The Bertz CT molecular complexity index is 330. The van der Waals surface area contributed by atoms with Crippen LogP contribution >= 0.6 is 0 Å². The van der Waals surface area contributed by atoms with Gasteiger partial charge in [0.05, 0.1) is 11.0 Å². The molecule has 0 radical (unpaired) electrons. The second-order valence-electron chi connectivity index (χ2n) is 6.40. The quantitative estimate of drug-likeness (QED) is 0.845. The Hall–Kier alpha value is -0.0900. The van der Waals surface area contributed by atoms with Gasteiger partial charge in [-0.2, -0.15) is 0 Å². The zero-order valence-electron chi connectivity index (χ0n) is 11.6. The van der Waals surface area contributed by atoms with Gasteiger partial charge in [0.1, 0.15) is 0 Å². The molecule has 102 valence electrons. The van der Waals surface area contributed by atoms with Crippen molar-refractivity contribution in [2.24, 2.45) is 5.41 Å². The van der Waals surface area contributed by atoms with Crippen molar-refractivity contribution in [3.05, 3.63) is 0 Å². The van der Waals surface area contributed by atoms with Gasteiger partial charge in [0, 0.05) is 6.04 Å². The highest BCUT2D eigenvalue weighted by molar-refractivity contribution is 7.92. The summed E-state index contributed by atoms with van der Waals surface area (Å²) >= 11 is 0. The van der Waals surface area contributed by atoms with Gasteiger partial charge in [-0.05, 0) is 38.1 Å². The molecule has 1 saturated heterocycles. The van der Waals surface area contributed by atoms with Crippen molar-refractivity contribution in [2.75, 3.05) is 12.8 Å². The van der Waals surface area contributed by atoms with E-state index in [9.17, 15) is 8.42 Å². The fourth-order valence-corrected chi connectivity index (χ4v) is 4.74. The van der Waals surface area contributed by atoms with Crippen molar-refractivity contribution >= 4 is 9.84 Å². The van der Waals surface area contributed by atoms with Crippen molar-refractivity contribution in [1.82, 2.24) is 5.32 Å². The number of hydrogen-bond donors (Lipinski definition) is 1. The van der Waals surface area contributed by atoms with E-state index in [1.807, 2.05) is 7.05 Å². The third kappa shape index (κ3) is 4.59. The molecule has 17 heavy (non-hydrogen) atoms. The van der Waals surface area contributed by atoms with Gasteiger partial charge in [0.25, 0.3) is 0 Å². The van der Waals surface area contributed by atoms with E-state index < -0.39 is 9.84 Å². The predicted octanol–water partition coefficient (Wildman–Crippen LogP) is 2.37. The summed E-state index contributed by atoms with van der Waals surface area (Å²) in [5, 5.41) is 3.06. The molecule has 2 atom stereocenters. The molecule has 1 heterocycles. The molecular formula is C13H27NO2S. The molecule has 0 bridgehead atoms. The highest BCUT2D eigenvalue weighted by Crippen LogP contribution is 2.28. The van der Waals surface area contributed by atoms with Crippen LogP contribution in [-0.4, -0.2) is 32.5 Å². The maximum atomic E-state index is 12.1. The van der Waals surface area contributed by atoms with Crippen LogP contribution in [0.4, 0.5) is 0 Å². The summed E-state index contributed by atoms with van der Waals surface area (Å²) in [6.45, 7) is 6.61. The maximum Gasteiger partial charge on any atom is 0.154 e. The Balaban J connectivity index is 2.66. The average Bonchev–Trinajstić information content (AvgIpc) is 2.19. The lowest BCUT2D eigenvalue weighted by Crippen LogP contribution is -2.45. The lowest BCUT2D eigenvalue weighted by Gasteiger charge is -2.31. The van der Waals surface area contributed by atoms with Crippen LogP contribution in [0.3, 0.4) is 0 Å². The van der Waals surface area contributed by atoms with Gasteiger partial charge in [0.15, 0.2) is 9.84 Å². The summed E-state index contributed by atoms with van der Waals surface area (Å²) < 4.78 is 24.1. The molecule has 0 amide bonds. The van der Waals surface area contributed by atoms with Crippen LogP contribution in [0.25, 0.3) is 0 Å². The molecule has 1 aliphatic rings. The summed E-state index contributed by atoms with van der Waals surface area (Å²) in [5.41, 5.74) is 0.271. The average molecular weight is 261 g/mol. The number of rotatable bonds is 4. The monoisotopic (exact) mass is 261 g/mol. The summed E-state index contributed by atoms with van der Waals surface area (Å²) in [6, 6.07) is 0.125. The fourth-order valence-electron chi connectivity index (χ4n) is 2.54. The molecule has 0 aromatic heterocycles. The van der Waals surface area contributed by atoms with Crippen molar-refractivity contribution < 1.29 is 8.42 Å².